The molecule has 1 saturated carbocycles. The van der Waals surface area contributed by atoms with Crippen LogP contribution in [0.3, 0.4) is 0 Å². The van der Waals surface area contributed by atoms with Gasteiger partial charge in [0.15, 0.2) is 0 Å². The Balaban J connectivity index is 1.92. The summed E-state index contributed by atoms with van der Waals surface area (Å²) >= 11 is 0. The monoisotopic (exact) mass is 389 g/mol. The van der Waals surface area contributed by atoms with Crippen molar-refractivity contribution in [2.75, 3.05) is 10.6 Å². The minimum Gasteiger partial charge on any atom is -0.481 e. The lowest BCUT2D eigenvalue weighted by molar-refractivity contribution is -0.137. The minimum atomic E-state index is -1.41. The van der Waals surface area contributed by atoms with Gasteiger partial charge in [0.05, 0.1) is 22.3 Å². The molecule has 4 N–H and O–H groups in total. The van der Waals surface area contributed by atoms with Crippen LogP contribution >= 0.6 is 0 Å². The molecule has 28 heavy (non-hydrogen) atoms. The Kier molecular flexibility index (Phi) is 4.06. The largest absolute Gasteiger partial charge is 0.481 e. The lowest BCUT2D eigenvalue weighted by atomic mass is 10.0. The molecule has 1 amide bonds. The molecule has 0 bridgehead atoms. The summed E-state index contributed by atoms with van der Waals surface area (Å²) < 4.78 is 16.3. The number of anilines is 2. The van der Waals surface area contributed by atoms with E-state index in [1.54, 1.807) is 4.57 Å². The summed E-state index contributed by atoms with van der Waals surface area (Å²) in [5, 5.41) is 23.3. The highest BCUT2D eigenvalue weighted by atomic mass is 19.1. The first-order valence-corrected chi connectivity index (χ1v) is 8.71. The predicted octanol–water partition coefficient (Wildman–Crippen LogP) is 1.77. The van der Waals surface area contributed by atoms with Gasteiger partial charge in [-0.15, -0.1) is 0 Å². The molecule has 9 nitrogen and oxygen atoms in total. The molecule has 146 valence electrons. The van der Waals surface area contributed by atoms with Crippen molar-refractivity contribution in [2.45, 2.75) is 37.8 Å². The number of aliphatic carboxylic acids is 1. The van der Waals surface area contributed by atoms with Crippen molar-refractivity contribution in [1.82, 2.24) is 4.57 Å². The third-order valence-corrected chi connectivity index (χ3v) is 4.97. The summed E-state index contributed by atoms with van der Waals surface area (Å²) in [7, 11) is 0. The third-order valence-electron chi connectivity index (χ3n) is 4.97. The van der Waals surface area contributed by atoms with Gasteiger partial charge in [-0.1, -0.05) is 0 Å². The quantitative estimate of drug-likeness (QED) is 0.611. The fourth-order valence-corrected chi connectivity index (χ4v) is 3.47. The first kappa shape index (κ1) is 18.0. The van der Waals surface area contributed by atoms with E-state index in [0.717, 1.165) is 18.9 Å². The van der Waals surface area contributed by atoms with Crippen molar-refractivity contribution in [1.29, 1.82) is 0 Å². The highest BCUT2D eigenvalue weighted by Gasteiger charge is 2.34. The van der Waals surface area contributed by atoms with E-state index < -0.39 is 40.7 Å². The topological polar surface area (TPSA) is 138 Å². The van der Waals surface area contributed by atoms with Gasteiger partial charge in [-0.25, -0.2) is 9.18 Å². The van der Waals surface area contributed by atoms with Gasteiger partial charge in [-0.05, 0) is 25.3 Å². The maximum atomic E-state index is 14.7. The van der Waals surface area contributed by atoms with Crippen LogP contribution in [0.25, 0.3) is 10.9 Å². The number of aromatic nitrogens is 1. The van der Waals surface area contributed by atoms with Crippen molar-refractivity contribution >= 4 is 40.1 Å². The van der Waals surface area contributed by atoms with E-state index in [0.29, 0.717) is 0 Å². The van der Waals surface area contributed by atoms with Crippen LogP contribution < -0.4 is 16.1 Å². The molecular formula is C18H16FN3O6. The molecule has 1 unspecified atom stereocenters. The van der Waals surface area contributed by atoms with Gasteiger partial charge in [0.2, 0.25) is 11.3 Å². The molecule has 1 aliphatic carbocycles. The van der Waals surface area contributed by atoms with E-state index in [2.05, 4.69) is 10.6 Å². The van der Waals surface area contributed by atoms with Crippen molar-refractivity contribution in [3.8, 4) is 0 Å². The number of hydrogen-bond donors (Lipinski definition) is 4. The predicted molar refractivity (Wildman–Crippen MR) is 96.3 cm³/mol. The van der Waals surface area contributed by atoms with Crippen LogP contribution in [0, 0.1) is 5.82 Å². The van der Waals surface area contributed by atoms with Gasteiger partial charge in [-0.2, -0.15) is 0 Å². The normalized spacial score (nSPS) is 18.3. The van der Waals surface area contributed by atoms with Gasteiger partial charge in [0, 0.05) is 18.7 Å². The highest BCUT2D eigenvalue weighted by Crippen LogP contribution is 2.42. The zero-order valence-corrected chi connectivity index (χ0v) is 14.5. The van der Waals surface area contributed by atoms with Crippen LogP contribution in [-0.2, 0) is 9.59 Å². The summed E-state index contributed by atoms with van der Waals surface area (Å²) in [6.07, 6.45) is 2.46. The standard InChI is InChI=1S/C18H16FN3O6/c19-10-5-8-15(22(7-1-2-7)6-9(16(8)25)18(27)28)14-13(10)20-11(17(26)21-14)3-4-12(23)24/h5-7,11,20H,1-4H2,(H,21,26)(H,23,24)(H,27,28). The Morgan fingerprint density at radius 2 is 1.93 bits per heavy atom. The van der Waals surface area contributed by atoms with E-state index in [4.69, 9.17) is 5.11 Å². The second-order valence-corrected chi connectivity index (χ2v) is 6.94. The Hall–Kier alpha value is -3.43. The summed E-state index contributed by atoms with van der Waals surface area (Å²) in [6.45, 7) is 0. The van der Waals surface area contributed by atoms with E-state index in [9.17, 15) is 28.7 Å². The molecule has 4 rings (SSSR count). The fourth-order valence-electron chi connectivity index (χ4n) is 3.47. The summed E-state index contributed by atoms with van der Waals surface area (Å²) in [5.74, 6) is -3.86. The number of nitrogens with one attached hydrogen (secondary N) is 2. The first-order valence-electron chi connectivity index (χ1n) is 8.71. The fraction of sp³-hybridized carbons (Fsp3) is 0.333. The first-order chi connectivity index (χ1) is 13.3. The SMILES string of the molecule is O=C(O)CCC1Nc2c(F)cc3c(=O)c(C(=O)O)cn(C4CC4)c3c2NC1=O. The number of carboxylic acids is 2. The second kappa shape index (κ2) is 6.32. The van der Waals surface area contributed by atoms with Crippen LogP contribution in [0.1, 0.15) is 42.1 Å². The average Bonchev–Trinajstić information content (AvgIpc) is 3.45. The van der Waals surface area contributed by atoms with Crippen LogP contribution in [0.5, 0.6) is 0 Å². The van der Waals surface area contributed by atoms with Gasteiger partial charge in [-0.3, -0.25) is 14.4 Å². The van der Waals surface area contributed by atoms with E-state index >= 15 is 0 Å². The lowest BCUT2D eigenvalue weighted by Crippen LogP contribution is -2.40. The van der Waals surface area contributed by atoms with Crippen molar-refractivity contribution in [2.24, 2.45) is 0 Å². The number of aromatic carboxylic acids is 1. The van der Waals surface area contributed by atoms with Crippen LogP contribution in [0.15, 0.2) is 17.1 Å². The zero-order valence-electron chi connectivity index (χ0n) is 14.5. The number of pyridine rings is 1. The third kappa shape index (κ3) is 2.86. The number of benzene rings is 1. The maximum Gasteiger partial charge on any atom is 0.341 e. The van der Waals surface area contributed by atoms with Gasteiger partial charge in [0.1, 0.15) is 17.4 Å². The number of carbonyl (C=O) groups is 3. The summed E-state index contributed by atoms with van der Waals surface area (Å²) in [4.78, 5) is 47.2. The average molecular weight is 389 g/mol. The highest BCUT2D eigenvalue weighted by molar-refractivity contribution is 6.12. The summed E-state index contributed by atoms with van der Waals surface area (Å²) in [5.41, 5.74) is -1.02. The van der Waals surface area contributed by atoms with Crippen molar-refractivity contribution in [3.63, 3.8) is 0 Å². The molecule has 2 aromatic rings. The molecular weight excluding hydrogens is 373 g/mol. The molecule has 0 saturated heterocycles. The summed E-state index contributed by atoms with van der Waals surface area (Å²) in [6, 6.07) is -0.0204. The number of amides is 1. The molecule has 1 atom stereocenters. The molecule has 10 heteroatoms. The lowest BCUT2D eigenvalue weighted by Gasteiger charge is -2.29. The number of carboxylic acid groups (broad SMARTS) is 2. The van der Waals surface area contributed by atoms with Crippen molar-refractivity contribution in [3.05, 3.63) is 33.9 Å². The van der Waals surface area contributed by atoms with Crippen LogP contribution in [0.2, 0.25) is 0 Å². The molecule has 1 aromatic carbocycles. The Labute approximate surface area is 156 Å². The Morgan fingerprint density at radius 1 is 1.21 bits per heavy atom. The number of halogens is 1. The van der Waals surface area contributed by atoms with Gasteiger partial charge >= 0.3 is 11.9 Å². The molecule has 0 spiro atoms. The number of rotatable bonds is 5. The molecule has 2 heterocycles. The second-order valence-electron chi connectivity index (χ2n) is 6.94. The number of carbonyl (C=O) groups excluding carboxylic acids is 1. The molecule has 0 radical (unpaired) electrons. The van der Waals surface area contributed by atoms with E-state index in [1.165, 1.54) is 6.20 Å². The van der Waals surface area contributed by atoms with E-state index in [1.807, 2.05) is 0 Å². The molecule has 1 fully saturated rings. The van der Waals surface area contributed by atoms with Gasteiger partial charge in [0.25, 0.3) is 0 Å². The minimum absolute atomic E-state index is 0.0362. The molecule has 2 aliphatic rings. The smallest absolute Gasteiger partial charge is 0.341 e. The van der Waals surface area contributed by atoms with Crippen LogP contribution in [0.4, 0.5) is 15.8 Å². The van der Waals surface area contributed by atoms with Crippen molar-refractivity contribution < 1.29 is 29.0 Å². The van der Waals surface area contributed by atoms with Gasteiger partial charge < -0.3 is 25.4 Å². The number of hydrogen-bond acceptors (Lipinski definition) is 5. The Morgan fingerprint density at radius 3 is 2.54 bits per heavy atom. The van der Waals surface area contributed by atoms with E-state index in [-0.39, 0.29) is 41.2 Å². The molecule has 1 aliphatic heterocycles. The van der Waals surface area contributed by atoms with Crippen LogP contribution in [-0.4, -0.2) is 38.7 Å². The maximum absolute atomic E-state index is 14.7. The number of nitrogens with zero attached hydrogens (tertiary/aromatic N) is 1. The molecule has 1 aromatic heterocycles. The zero-order chi connectivity index (χ0) is 20.2. The Bertz CT molecular complexity index is 1100. The number of fused-ring (bicyclic) bond motifs is 3.